The zero-order valence-corrected chi connectivity index (χ0v) is 21.1. The lowest BCUT2D eigenvalue weighted by Crippen LogP contribution is -2.21. The number of carbonyl (C=O) groups excluding carboxylic acids is 1. The van der Waals surface area contributed by atoms with Crippen LogP contribution in [0.4, 0.5) is 0 Å². The van der Waals surface area contributed by atoms with Crippen LogP contribution in [0.3, 0.4) is 0 Å². The third-order valence-corrected chi connectivity index (χ3v) is 7.18. The standard InChI is InChI=1S/C29H25N7O2/c1-29(27(37)34-29)20-6-8-21(9-7-20)36-26-22-12-17(4-11-24(22)33-16-25(26)35(3)28(36)38)18-5-10-23(32-15-18)19(13-30)14-31-2/h4-16H,30H2,1-3H3,(H,34,37). The number of allylic oxidation sites excluding steroid dienone is 1. The summed E-state index contributed by atoms with van der Waals surface area (Å²) in [6, 6.07) is 17.4. The molecule has 188 valence electrons. The molecule has 1 fully saturated rings. The van der Waals surface area contributed by atoms with Crippen LogP contribution in [0.2, 0.25) is 0 Å². The summed E-state index contributed by atoms with van der Waals surface area (Å²) < 4.78 is 3.29. The Balaban J connectivity index is 1.50. The molecule has 1 atom stereocenters. The number of rotatable bonds is 5. The third-order valence-electron chi connectivity index (χ3n) is 7.18. The minimum Gasteiger partial charge on any atom is -0.404 e. The van der Waals surface area contributed by atoms with Gasteiger partial charge in [-0.3, -0.25) is 28.9 Å². The maximum atomic E-state index is 13.4. The summed E-state index contributed by atoms with van der Waals surface area (Å²) in [5, 5.41) is 3.70. The van der Waals surface area contributed by atoms with Crippen LogP contribution in [-0.2, 0) is 17.4 Å². The molecule has 0 saturated carbocycles. The van der Waals surface area contributed by atoms with Gasteiger partial charge in [0.25, 0.3) is 5.91 Å². The van der Waals surface area contributed by atoms with Crippen LogP contribution in [0.1, 0.15) is 18.2 Å². The molecule has 9 nitrogen and oxygen atoms in total. The molecule has 1 unspecified atom stereocenters. The van der Waals surface area contributed by atoms with Gasteiger partial charge in [0.15, 0.2) is 0 Å². The number of benzene rings is 2. The van der Waals surface area contributed by atoms with Gasteiger partial charge in [0.2, 0.25) is 0 Å². The first kappa shape index (κ1) is 23.4. The average molecular weight is 504 g/mol. The van der Waals surface area contributed by atoms with Crippen LogP contribution >= 0.6 is 0 Å². The molecule has 1 aliphatic rings. The van der Waals surface area contributed by atoms with Crippen molar-refractivity contribution in [3.63, 3.8) is 0 Å². The number of nitrogens with two attached hydrogens (primary N) is 1. The summed E-state index contributed by atoms with van der Waals surface area (Å²) in [5.41, 5.74) is 12.0. The van der Waals surface area contributed by atoms with Gasteiger partial charge in [-0.1, -0.05) is 24.3 Å². The molecule has 2 aromatic carbocycles. The number of pyridine rings is 2. The van der Waals surface area contributed by atoms with Crippen molar-refractivity contribution in [1.29, 1.82) is 0 Å². The predicted molar refractivity (Wildman–Crippen MR) is 149 cm³/mol. The molecule has 6 rings (SSSR count). The summed E-state index contributed by atoms with van der Waals surface area (Å²) in [5.74, 6) is -0.00605. The fraction of sp³-hybridized carbons (Fsp3) is 0.138. The molecule has 0 radical (unpaired) electrons. The topological polar surface area (TPSA) is 130 Å². The van der Waals surface area contributed by atoms with Crippen LogP contribution in [0.5, 0.6) is 0 Å². The second-order valence-corrected chi connectivity index (χ2v) is 9.47. The van der Waals surface area contributed by atoms with Gasteiger partial charge in [-0.25, -0.2) is 4.79 Å². The zero-order valence-electron chi connectivity index (χ0n) is 21.1. The Morgan fingerprint density at radius 1 is 1.03 bits per heavy atom. The van der Waals surface area contributed by atoms with E-state index in [1.807, 2.05) is 61.5 Å². The Hall–Kier alpha value is -5.05. The average Bonchev–Trinajstić information content (AvgIpc) is 3.49. The molecule has 0 aliphatic carbocycles. The van der Waals surface area contributed by atoms with Crippen molar-refractivity contribution >= 4 is 39.6 Å². The highest BCUT2D eigenvalue weighted by molar-refractivity contribution is 6.09. The number of imidazole rings is 1. The van der Waals surface area contributed by atoms with Gasteiger partial charge >= 0.3 is 5.69 Å². The molecular weight excluding hydrogens is 478 g/mol. The Bertz CT molecular complexity index is 1860. The number of carbonyl (C=O) groups is 1. The summed E-state index contributed by atoms with van der Waals surface area (Å²) in [6.45, 7) is 1.85. The van der Waals surface area contributed by atoms with Gasteiger partial charge in [-0.15, -0.1) is 0 Å². The molecule has 0 bridgehead atoms. The number of aryl methyl sites for hydroxylation is 1. The first-order valence-electron chi connectivity index (χ1n) is 12.1. The van der Waals surface area contributed by atoms with Crippen LogP contribution in [0.15, 0.2) is 83.0 Å². The fourth-order valence-electron chi connectivity index (χ4n) is 4.83. The number of hydrogen-bond acceptors (Lipinski definition) is 6. The zero-order chi connectivity index (χ0) is 26.6. The van der Waals surface area contributed by atoms with Crippen LogP contribution in [0, 0.1) is 0 Å². The molecule has 1 amide bonds. The number of amides is 1. The van der Waals surface area contributed by atoms with E-state index >= 15 is 0 Å². The number of hydrogen-bond donors (Lipinski definition) is 2. The van der Waals surface area contributed by atoms with Crippen molar-refractivity contribution < 1.29 is 4.79 Å². The normalized spacial score (nSPS) is 17.4. The van der Waals surface area contributed by atoms with E-state index in [9.17, 15) is 9.59 Å². The highest BCUT2D eigenvalue weighted by Gasteiger charge is 2.50. The van der Waals surface area contributed by atoms with Gasteiger partial charge in [0.1, 0.15) is 5.54 Å². The number of nitrogens with one attached hydrogen (secondary N) is 1. The van der Waals surface area contributed by atoms with E-state index in [0.717, 1.165) is 49.9 Å². The van der Waals surface area contributed by atoms with Crippen molar-refractivity contribution in [1.82, 2.24) is 24.4 Å². The number of fused-ring (bicyclic) bond motifs is 3. The van der Waals surface area contributed by atoms with E-state index in [4.69, 9.17) is 5.73 Å². The van der Waals surface area contributed by atoms with E-state index in [1.54, 1.807) is 41.8 Å². The lowest BCUT2D eigenvalue weighted by molar-refractivity contribution is -0.112. The van der Waals surface area contributed by atoms with E-state index in [-0.39, 0.29) is 11.6 Å². The Labute approximate surface area is 218 Å². The monoisotopic (exact) mass is 503 g/mol. The van der Waals surface area contributed by atoms with E-state index in [0.29, 0.717) is 5.69 Å². The summed E-state index contributed by atoms with van der Waals surface area (Å²) in [6.07, 6.45) is 6.67. The van der Waals surface area contributed by atoms with Gasteiger partial charge in [-0.2, -0.15) is 0 Å². The highest BCUT2D eigenvalue weighted by atomic mass is 16.2. The van der Waals surface area contributed by atoms with E-state index in [1.165, 1.54) is 6.20 Å². The quantitative estimate of drug-likeness (QED) is 0.281. The molecule has 4 heterocycles. The number of aliphatic imine (C=N–C) groups is 1. The Kier molecular flexibility index (Phi) is 5.23. The first-order chi connectivity index (χ1) is 18.4. The van der Waals surface area contributed by atoms with Gasteiger partial charge in [-0.05, 0) is 48.4 Å². The van der Waals surface area contributed by atoms with Crippen LogP contribution in [-0.4, -0.2) is 38.3 Å². The molecular formula is C29H25N7O2. The van der Waals surface area contributed by atoms with E-state index < -0.39 is 5.54 Å². The van der Waals surface area contributed by atoms with Crippen LogP contribution < -0.4 is 16.7 Å². The van der Waals surface area contributed by atoms with Crippen molar-refractivity contribution in [2.24, 2.45) is 17.8 Å². The Morgan fingerprint density at radius 2 is 1.76 bits per heavy atom. The fourth-order valence-corrected chi connectivity index (χ4v) is 4.83. The molecule has 38 heavy (non-hydrogen) atoms. The highest BCUT2D eigenvalue weighted by Crippen LogP contribution is 2.33. The van der Waals surface area contributed by atoms with Gasteiger partial charge in [0.05, 0.1) is 34.1 Å². The second kappa shape index (κ2) is 8.52. The third kappa shape index (κ3) is 3.51. The summed E-state index contributed by atoms with van der Waals surface area (Å²) >= 11 is 0. The summed E-state index contributed by atoms with van der Waals surface area (Å²) in [4.78, 5) is 38.4. The SMILES string of the molecule is CN=CC(=CN)c1ccc(-c2ccc3ncc4c(c3c2)n(-c2ccc(C3(C)NC3=O)cc2)c(=O)n4C)cn1. The van der Waals surface area contributed by atoms with Crippen molar-refractivity contribution in [3.05, 3.63) is 94.9 Å². The maximum Gasteiger partial charge on any atom is 0.333 e. The summed E-state index contributed by atoms with van der Waals surface area (Å²) in [7, 11) is 3.43. The molecule has 1 aliphatic heterocycles. The second-order valence-electron chi connectivity index (χ2n) is 9.47. The van der Waals surface area contributed by atoms with Gasteiger partial charge < -0.3 is 11.1 Å². The lowest BCUT2D eigenvalue weighted by atomic mass is 10.0. The minimum atomic E-state index is -0.651. The molecule has 3 aromatic heterocycles. The molecule has 5 aromatic rings. The smallest absolute Gasteiger partial charge is 0.333 e. The molecule has 0 spiro atoms. The van der Waals surface area contributed by atoms with Crippen LogP contribution in [0.25, 0.3) is 44.3 Å². The molecule has 3 N–H and O–H groups in total. The van der Waals surface area contributed by atoms with Gasteiger partial charge in [0, 0.05) is 49.2 Å². The van der Waals surface area contributed by atoms with Crippen molar-refractivity contribution in [3.8, 4) is 16.8 Å². The maximum absolute atomic E-state index is 13.4. The Morgan fingerprint density at radius 3 is 2.39 bits per heavy atom. The molecule has 9 heteroatoms. The van der Waals surface area contributed by atoms with Crippen molar-refractivity contribution in [2.45, 2.75) is 12.5 Å². The van der Waals surface area contributed by atoms with E-state index in [2.05, 4.69) is 20.3 Å². The lowest BCUT2D eigenvalue weighted by Gasteiger charge is -2.10. The number of nitrogens with zero attached hydrogens (tertiary/aromatic N) is 5. The minimum absolute atomic E-state index is 0.00605. The number of aromatic nitrogens is 4. The first-order valence-corrected chi connectivity index (χ1v) is 12.1. The van der Waals surface area contributed by atoms with Crippen molar-refractivity contribution in [2.75, 3.05) is 7.05 Å². The predicted octanol–water partition coefficient (Wildman–Crippen LogP) is 3.28. The largest absolute Gasteiger partial charge is 0.404 e. The molecule has 1 saturated heterocycles.